The molecule has 0 saturated carbocycles. The molecule has 0 fully saturated rings. The monoisotopic (exact) mass is 399 g/mol. The largest absolute Gasteiger partial charge is 0.308 e. The standard InChI is InChI=1S/C23H17N3O2S/c1-26-12-11-20(25-26)24-21(27)13-29-19-10-9-15-14-5-2-3-6-16(14)23(28)18-8-4-7-17(19)22(15)18/h2-12H,13H2,1H3,(H,24,25,27). The molecule has 0 saturated heterocycles. The van der Waals surface area contributed by atoms with Crippen molar-refractivity contribution < 1.29 is 9.59 Å². The maximum atomic E-state index is 13.0. The molecule has 5 nitrogen and oxygen atoms in total. The minimum atomic E-state index is -0.115. The van der Waals surface area contributed by atoms with Crippen molar-refractivity contribution in [3.05, 3.63) is 78.0 Å². The van der Waals surface area contributed by atoms with E-state index in [4.69, 9.17) is 0 Å². The van der Waals surface area contributed by atoms with Crippen LogP contribution in [0.15, 0.2) is 71.8 Å². The maximum absolute atomic E-state index is 13.0. The Hall–Kier alpha value is -3.38. The van der Waals surface area contributed by atoms with Gasteiger partial charge in [0, 0.05) is 40.7 Å². The second-order valence-electron chi connectivity index (χ2n) is 6.93. The van der Waals surface area contributed by atoms with Crippen molar-refractivity contribution in [3.63, 3.8) is 0 Å². The van der Waals surface area contributed by atoms with E-state index >= 15 is 0 Å². The summed E-state index contributed by atoms with van der Waals surface area (Å²) in [5.41, 5.74) is 3.48. The van der Waals surface area contributed by atoms with E-state index in [-0.39, 0.29) is 17.4 Å². The van der Waals surface area contributed by atoms with Crippen LogP contribution in [0.3, 0.4) is 0 Å². The fraction of sp³-hybridized carbons (Fsp3) is 0.0870. The van der Waals surface area contributed by atoms with Crippen LogP contribution in [0.2, 0.25) is 0 Å². The van der Waals surface area contributed by atoms with Crippen LogP contribution in [-0.2, 0) is 11.8 Å². The molecule has 0 atom stereocenters. The summed E-state index contributed by atoms with van der Waals surface area (Å²) >= 11 is 1.46. The number of aromatic nitrogens is 2. The lowest BCUT2D eigenvalue weighted by Gasteiger charge is -2.21. The van der Waals surface area contributed by atoms with Crippen LogP contribution in [0, 0.1) is 0 Å². The summed E-state index contributed by atoms with van der Waals surface area (Å²) < 4.78 is 1.64. The Kier molecular flexibility index (Phi) is 4.21. The van der Waals surface area contributed by atoms with Gasteiger partial charge in [0.2, 0.25) is 5.91 Å². The van der Waals surface area contributed by atoms with Crippen LogP contribution in [-0.4, -0.2) is 27.2 Å². The number of thioether (sulfide) groups is 1. The summed E-state index contributed by atoms with van der Waals surface area (Å²) in [5, 5.41) is 8.93. The number of hydrogen-bond acceptors (Lipinski definition) is 4. The van der Waals surface area contributed by atoms with Crippen LogP contribution in [0.5, 0.6) is 0 Å². The molecule has 1 amide bonds. The molecule has 3 aromatic carbocycles. The smallest absolute Gasteiger partial charge is 0.235 e. The molecular formula is C23H17N3O2S. The number of ketones is 1. The molecule has 0 aliphatic heterocycles. The summed E-state index contributed by atoms with van der Waals surface area (Å²) in [4.78, 5) is 26.3. The highest BCUT2D eigenvalue weighted by atomic mass is 32.2. The Labute approximate surface area is 171 Å². The molecule has 0 spiro atoms. The van der Waals surface area contributed by atoms with Crippen LogP contribution in [0.25, 0.3) is 21.9 Å². The molecule has 1 heterocycles. The van der Waals surface area contributed by atoms with Gasteiger partial charge in [-0.2, -0.15) is 5.10 Å². The number of nitrogens with zero attached hydrogens (tertiary/aromatic N) is 2. The lowest BCUT2D eigenvalue weighted by atomic mass is 9.83. The molecular weight excluding hydrogens is 382 g/mol. The third-order valence-corrected chi connectivity index (χ3v) is 6.12. The predicted molar refractivity (Wildman–Crippen MR) is 115 cm³/mol. The van der Waals surface area contributed by atoms with E-state index in [1.54, 1.807) is 24.0 Å². The molecule has 1 aliphatic rings. The van der Waals surface area contributed by atoms with Gasteiger partial charge in [0.25, 0.3) is 0 Å². The van der Waals surface area contributed by atoms with Gasteiger partial charge in [-0.3, -0.25) is 14.3 Å². The Morgan fingerprint density at radius 2 is 1.76 bits per heavy atom. The third kappa shape index (κ3) is 3.02. The van der Waals surface area contributed by atoms with Gasteiger partial charge in [-0.25, -0.2) is 0 Å². The number of nitrogens with one attached hydrogen (secondary N) is 1. The van der Waals surface area contributed by atoms with Crippen LogP contribution >= 0.6 is 11.8 Å². The van der Waals surface area contributed by atoms with Gasteiger partial charge >= 0.3 is 0 Å². The average Bonchev–Trinajstić information content (AvgIpc) is 3.15. The van der Waals surface area contributed by atoms with Crippen molar-refractivity contribution in [2.75, 3.05) is 11.1 Å². The maximum Gasteiger partial charge on any atom is 0.235 e. The van der Waals surface area contributed by atoms with Crippen molar-refractivity contribution in [1.82, 2.24) is 9.78 Å². The second-order valence-corrected chi connectivity index (χ2v) is 7.94. The van der Waals surface area contributed by atoms with E-state index < -0.39 is 0 Å². The van der Waals surface area contributed by atoms with Gasteiger partial charge in [0.05, 0.1) is 5.75 Å². The number of amides is 1. The molecule has 5 rings (SSSR count). The SMILES string of the molecule is Cn1ccc(NC(=O)CSc2ccc3c4c(cccc24)C(=O)c2ccccc2-3)n1. The normalized spacial score (nSPS) is 12.1. The first-order valence-electron chi connectivity index (χ1n) is 9.24. The summed E-state index contributed by atoms with van der Waals surface area (Å²) in [7, 11) is 1.80. The number of aryl methyl sites for hydroxylation is 1. The van der Waals surface area contributed by atoms with E-state index in [2.05, 4.69) is 16.5 Å². The van der Waals surface area contributed by atoms with E-state index in [1.165, 1.54) is 11.8 Å². The highest BCUT2D eigenvalue weighted by Crippen LogP contribution is 2.42. The lowest BCUT2D eigenvalue weighted by Crippen LogP contribution is -2.14. The van der Waals surface area contributed by atoms with Gasteiger partial charge in [0.1, 0.15) is 0 Å². The van der Waals surface area contributed by atoms with E-state index in [1.807, 2.05) is 48.5 Å². The van der Waals surface area contributed by atoms with Crippen LogP contribution in [0.4, 0.5) is 5.82 Å². The Bertz CT molecular complexity index is 1290. The molecule has 0 radical (unpaired) electrons. The zero-order valence-electron chi connectivity index (χ0n) is 15.7. The topological polar surface area (TPSA) is 64.0 Å². The minimum Gasteiger partial charge on any atom is -0.308 e. The molecule has 142 valence electrons. The second kappa shape index (κ2) is 6.90. The predicted octanol–water partition coefficient (Wildman–Crippen LogP) is 4.52. The van der Waals surface area contributed by atoms with E-state index in [9.17, 15) is 9.59 Å². The highest BCUT2D eigenvalue weighted by Gasteiger charge is 2.25. The summed E-state index contributed by atoms with van der Waals surface area (Å²) in [6.45, 7) is 0. The Morgan fingerprint density at radius 1 is 0.966 bits per heavy atom. The van der Waals surface area contributed by atoms with Gasteiger partial charge < -0.3 is 5.32 Å². The molecule has 1 aromatic heterocycles. The quantitative estimate of drug-likeness (QED) is 0.452. The van der Waals surface area contributed by atoms with Crippen molar-refractivity contribution in [2.45, 2.75) is 4.90 Å². The lowest BCUT2D eigenvalue weighted by molar-refractivity contribution is -0.113. The van der Waals surface area contributed by atoms with Gasteiger partial charge in [0.15, 0.2) is 11.6 Å². The molecule has 6 heteroatoms. The fourth-order valence-electron chi connectivity index (χ4n) is 3.78. The summed E-state index contributed by atoms with van der Waals surface area (Å²) in [6, 6.07) is 19.4. The molecule has 4 aromatic rings. The van der Waals surface area contributed by atoms with E-state index in [0.717, 1.165) is 37.9 Å². The number of hydrogen-bond donors (Lipinski definition) is 1. The number of rotatable bonds is 4. The number of fused-ring (bicyclic) bond motifs is 2. The van der Waals surface area contributed by atoms with Gasteiger partial charge in [-0.15, -0.1) is 11.8 Å². The summed E-state index contributed by atoms with van der Waals surface area (Å²) in [6.07, 6.45) is 1.78. The zero-order chi connectivity index (χ0) is 20.0. The van der Waals surface area contributed by atoms with Gasteiger partial charge in [-0.1, -0.05) is 48.5 Å². The minimum absolute atomic E-state index is 0.0498. The van der Waals surface area contributed by atoms with Crippen LogP contribution < -0.4 is 5.32 Å². The van der Waals surface area contributed by atoms with E-state index in [0.29, 0.717) is 5.82 Å². The zero-order valence-corrected chi connectivity index (χ0v) is 16.5. The third-order valence-electron chi connectivity index (χ3n) is 5.05. The average molecular weight is 399 g/mol. The number of carbonyl (C=O) groups excluding carboxylic acids is 2. The summed E-state index contributed by atoms with van der Waals surface area (Å²) in [5.74, 6) is 0.737. The first-order chi connectivity index (χ1) is 14.1. The van der Waals surface area contributed by atoms with Crippen molar-refractivity contribution in [1.29, 1.82) is 0 Å². The fourth-order valence-corrected chi connectivity index (χ4v) is 4.63. The number of carbonyl (C=O) groups is 2. The molecule has 1 aliphatic carbocycles. The van der Waals surface area contributed by atoms with Crippen molar-refractivity contribution in [3.8, 4) is 11.1 Å². The molecule has 0 unspecified atom stereocenters. The van der Waals surface area contributed by atoms with Gasteiger partial charge in [-0.05, 0) is 22.6 Å². The van der Waals surface area contributed by atoms with Crippen LogP contribution in [0.1, 0.15) is 15.9 Å². The number of anilines is 1. The molecule has 1 N–H and O–H groups in total. The first kappa shape index (κ1) is 17.7. The Morgan fingerprint density at radius 3 is 2.55 bits per heavy atom. The highest BCUT2D eigenvalue weighted by molar-refractivity contribution is 8.00. The molecule has 29 heavy (non-hydrogen) atoms. The molecule has 0 bridgehead atoms. The Balaban J connectivity index is 1.49. The number of benzene rings is 3. The van der Waals surface area contributed by atoms with Crippen molar-refractivity contribution >= 4 is 40.0 Å². The first-order valence-corrected chi connectivity index (χ1v) is 10.2. The van der Waals surface area contributed by atoms with Crippen molar-refractivity contribution in [2.24, 2.45) is 7.05 Å².